The number of fused-ring (bicyclic) bond motifs is 1. The summed E-state index contributed by atoms with van der Waals surface area (Å²) < 4.78 is 5.38. The van der Waals surface area contributed by atoms with Gasteiger partial charge in [0.15, 0.2) is 0 Å². The van der Waals surface area contributed by atoms with Crippen LogP contribution in [0.25, 0.3) is 22.0 Å². The van der Waals surface area contributed by atoms with Gasteiger partial charge in [-0.15, -0.1) is 0 Å². The van der Waals surface area contributed by atoms with Crippen LogP contribution in [-0.2, 0) is 0 Å². The number of ether oxygens (including phenoxy) is 1. The number of halogens is 1. The molecule has 1 aromatic carbocycles. The van der Waals surface area contributed by atoms with E-state index in [1.807, 2.05) is 18.2 Å². The maximum absolute atomic E-state index is 6.02. The van der Waals surface area contributed by atoms with E-state index in [0.29, 0.717) is 16.7 Å². The van der Waals surface area contributed by atoms with Gasteiger partial charge >= 0.3 is 0 Å². The van der Waals surface area contributed by atoms with E-state index in [1.165, 1.54) is 0 Å². The molecule has 0 saturated heterocycles. The fraction of sp³-hybridized carbons (Fsp3) is 0.133. The maximum atomic E-state index is 6.02. The Morgan fingerprint density at radius 2 is 2.05 bits per heavy atom. The van der Waals surface area contributed by atoms with Gasteiger partial charge in [0.1, 0.15) is 11.3 Å². The number of hydrogen-bond donors (Lipinski definition) is 1. The van der Waals surface area contributed by atoms with Crippen molar-refractivity contribution in [2.45, 2.75) is 0 Å². The van der Waals surface area contributed by atoms with Crippen LogP contribution in [0.3, 0.4) is 0 Å². The SMILES string of the molecule is CNc1ncc2c(-c3cncc(Cl)c3)ccc(OC)c2n1. The minimum atomic E-state index is 0.544. The van der Waals surface area contributed by atoms with Gasteiger partial charge in [0, 0.05) is 36.6 Å². The highest BCUT2D eigenvalue weighted by atomic mass is 35.5. The van der Waals surface area contributed by atoms with Crippen molar-refractivity contribution in [1.82, 2.24) is 15.0 Å². The monoisotopic (exact) mass is 300 g/mol. The number of benzene rings is 1. The van der Waals surface area contributed by atoms with Crippen molar-refractivity contribution < 1.29 is 4.74 Å². The summed E-state index contributed by atoms with van der Waals surface area (Å²) in [5.74, 6) is 1.24. The van der Waals surface area contributed by atoms with Crippen molar-refractivity contribution in [3.8, 4) is 16.9 Å². The Balaban J connectivity index is 2.29. The fourth-order valence-corrected chi connectivity index (χ4v) is 2.36. The zero-order valence-electron chi connectivity index (χ0n) is 11.6. The topological polar surface area (TPSA) is 59.9 Å². The molecule has 0 saturated carbocycles. The third kappa shape index (κ3) is 2.48. The number of methoxy groups -OCH3 is 1. The number of anilines is 1. The predicted molar refractivity (Wildman–Crippen MR) is 83.9 cm³/mol. The third-order valence-electron chi connectivity index (χ3n) is 3.17. The summed E-state index contributed by atoms with van der Waals surface area (Å²) in [6, 6.07) is 5.70. The zero-order chi connectivity index (χ0) is 14.8. The van der Waals surface area contributed by atoms with Gasteiger partial charge in [0.25, 0.3) is 0 Å². The lowest BCUT2D eigenvalue weighted by Gasteiger charge is -2.10. The van der Waals surface area contributed by atoms with Gasteiger partial charge < -0.3 is 10.1 Å². The maximum Gasteiger partial charge on any atom is 0.223 e. The quantitative estimate of drug-likeness (QED) is 0.803. The van der Waals surface area contributed by atoms with Crippen LogP contribution in [-0.4, -0.2) is 29.1 Å². The van der Waals surface area contributed by atoms with Crippen molar-refractivity contribution in [1.29, 1.82) is 0 Å². The van der Waals surface area contributed by atoms with Crippen molar-refractivity contribution in [3.05, 3.63) is 41.8 Å². The molecule has 0 aliphatic rings. The van der Waals surface area contributed by atoms with E-state index in [-0.39, 0.29) is 0 Å². The second kappa shape index (κ2) is 5.54. The zero-order valence-corrected chi connectivity index (χ0v) is 12.3. The van der Waals surface area contributed by atoms with Crippen LogP contribution in [0.5, 0.6) is 5.75 Å². The molecule has 0 aliphatic carbocycles. The Hall–Kier alpha value is -2.40. The smallest absolute Gasteiger partial charge is 0.223 e. The lowest BCUT2D eigenvalue weighted by molar-refractivity contribution is 0.419. The summed E-state index contributed by atoms with van der Waals surface area (Å²) in [5.41, 5.74) is 2.62. The molecule has 6 heteroatoms. The molecular weight excluding hydrogens is 288 g/mol. The van der Waals surface area contributed by atoms with Crippen LogP contribution in [0, 0.1) is 0 Å². The standard InChI is InChI=1S/C15H13ClN4O/c1-17-15-19-8-12-11(9-5-10(16)7-18-6-9)3-4-13(21-2)14(12)20-15/h3-8H,1-2H3,(H,17,19,20). The summed E-state index contributed by atoms with van der Waals surface area (Å²) in [7, 11) is 3.40. The number of pyridine rings is 1. The molecule has 21 heavy (non-hydrogen) atoms. The molecule has 0 atom stereocenters. The molecule has 0 unspecified atom stereocenters. The number of aromatic nitrogens is 3. The van der Waals surface area contributed by atoms with Gasteiger partial charge in [-0.3, -0.25) is 4.98 Å². The van der Waals surface area contributed by atoms with Gasteiger partial charge in [-0.2, -0.15) is 0 Å². The van der Waals surface area contributed by atoms with E-state index in [2.05, 4.69) is 20.3 Å². The summed E-state index contributed by atoms with van der Waals surface area (Å²) in [5, 5.41) is 4.40. The molecule has 3 rings (SSSR count). The van der Waals surface area contributed by atoms with Crippen LogP contribution in [0.1, 0.15) is 0 Å². The Morgan fingerprint density at radius 1 is 1.19 bits per heavy atom. The molecule has 0 fully saturated rings. The Bertz CT molecular complexity index is 807. The average Bonchev–Trinajstić information content (AvgIpc) is 2.53. The summed E-state index contributed by atoms with van der Waals surface area (Å²) in [6.07, 6.45) is 5.14. The second-order valence-corrected chi connectivity index (χ2v) is 4.85. The van der Waals surface area contributed by atoms with Crippen LogP contribution in [0.2, 0.25) is 5.02 Å². The third-order valence-corrected chi connectivity index (χ3v) is 3.38. The number of rotatable bonds is 3. The molecular formula is C15H13ClN4O. The van der Waals surface area contributed by atoms with Crippen molar-refractivity contribution in [2.24, 2.45) is 0 Å². The number of hydrogen-bond acceptors (Lipinski definition) is 5. The van der Waals surface area contributed by atoms with Gasteiger partial charge in [-0.1, -0.05) is 11.6 Å². The van der Waals surface area contributed by atoms with Crippen molar-refractivity contribution in [2.75, 3.05) is 19.5 Å². The van der Waals surface area contributed by atoms with E-state index in [0.717, 1.165) is 22.0 Å². The highest BCUT2D eigenvalue weighted by Crippen LogP contribution is 2.33. The molecule has 2 aromatic heterocycles. The minimum absolute atomic E-state index is 0.544. The largest absolute Gasteiger partial charge is 0.494 e. The van der Waals surface area contributed by atoms with Crippen LogP contribution >= 0.6 is 11.6 Å². The van der Waals surface area contributed by atoms with Gasteiger partial charge in [0.2, 0.25) is 5.95 Å². The lowest BCUT2D eigenvalue weighted by atomic mass is 10.0. The molecule has 0 radical (unpaired) electrons. The number of nitrogens with zero attached hydrogens (tertiary/aromatic N) is 3. The van der Waals surface area contributed by atoms with E-state index in [4.69, 9.17) is 16.3 Å². The number of nitrogens with one attached hydrogen (secondary N) is 1. The normalized spacial score (nSPS) is 10.6. The second-order valence-electron chi connectivity index (χ2n) is 4.41. The van der Waals surface area contributed by atoms with E-state index >= 15 is 0 Å². The van der Waals surface area contributed by atoms with Gasteiger partial charge in [-0.05, 0) is 23.8 Å². The van der Waals surface area contributed by atoms with E-state index in [9.17, 15) is 0 Å². The highest BCUT2D eigenvalue weighted by Gasteiger charge is 2.11. The molecule has 2 heterocycles. The van der Waals surface area contributed by atoms with Crippen LogP contribution in [0.4, 0.5) is 5.95 Å². The van der Waals surface area contributed by atoms with Crippen LogP contribution < -0.4 is 10.1 Å². The van der Waals surface area contributed by atoms with Crippen LogP contribution in [0.15, 0.2) is 36.8 Å². The average molecular weight is 301 g/mol. The summed E-state index contributed by atoms with van der Waals surface area (Å²) >= 11 is 6.02. The van der Waals surface area contributed by atoms with E-state index in [1.54, 1.807) is 32.7 Å². The van der Waals surface area contributed by atoms with Crippen molar-refractivity contribution in [3.63, 3.8) is 0 Å². The van der Waals surface area contributed by atoms with Gasteiger partial charge in [0.05, 0.1) is 12.1 Å². The molecule has 106 valence electrons. The first kappa shape index (κ1) is 13.6. The Morgan fingerprint density at radius 3 is 2.76 bits per heavy atom. The predicted octanol–water partition coefficient (Wildman–Crippen LogP) is 3.40. The Kier molecular flexibility index (Phi) is 3.58. The first-order valence-corrected chi connectivity index (χ1v) is 6.73. The molecule has 3 aromatic rings. The lowest BCUT2D eigenvalue weighted by Crippen LogP contribution is -1.98. The molecule has 1 N–H and O–H groups in total. The molecule has 0 aliphatic heterocycles. The fourth-order valence-electron chi connectivity index (χ4n) is 2.19. The van der Waals surface area contributed by atoms with Gasteiger partial charge in [-0.25, -0.2) is 9.97 Å². The first-order chi connectivity index (χ1) is 10.2. The molecule has 0 spiro atoms. The molecule has 0 amide bonds. The first-order valence-electron chi connectivity index (χ1n) is 6.35. The van der Waals surface area contributed by atoms with Crippen molar-refractivity contribution >= 4 is 28.5 Å². The summed E-state index contributed by atoms with van der Waals surface area (Å²) in [4.78, 5) is 12.9. The highest BCUT2D eigenvalue weighted by molar-refractivity contribution is 6.30. The molecule has 0 bridgehead atoms. The Labute approximate surface area is 127 Å². The summed E-state index contributed by atoms with van der Waals surface area (Å²) in [6.45, 7) is 0. The molecule has 5 nitrogen and oxygen atoms in total. The minimum Gasteiger partial charge on any atom is -0.494 e. The van der Waals surface area contributed by atoms with E-state index < -0.39 is 0 Å².